The van der Waals surface area contributed by atoms with E-state index in [0.29, 0.717) is 23.9 Å². The Bertz CT molecular complexity index is 882. The number of nitrogens with zero attached hydrogens (tertiary/aromatic N) is 2. The maximum absolute atomic E-state index is 12.9. The van der Waals surface area contributed by atoms with Crippen molar-refractivity contribution in [3.8, 4) is 0 Å². The zero-order valence-electron chi connectivity index (χ0n) is 18.7. The van der Waals surface area contributed by atoms with Gasteiger partial charge in [-0.05, 0) is 44.5 Å². The SMILES string of the molecule is CCc1nc(SC)c(C(=O)OC(C)CC)n1Cc1ccc(B2OCC(C)(C)O2)cc1. The second-order valence-corrected chi connectivity index (χ2v) is 9.01. The van der Waals surface area contributed by atoms with Crippen LogP contribution in [0, 0.1) is 0 Å². The third-order valence-corrected chi connectivity index (χ3v) is 5.87. The molecule has 0 bridgehead atoms. The van der Waals surface area contributed by atoms with Crippen molar-refractivity contribution in [3.63, 3.8) is 0 Å². The standard InChI is InChI=1S/C22H31BN2O4S/c1-7-15(3)28-21(26)19-20(30-6)24-18(8-2)25(19)13-16-9-11-17(12-10-16)23-27-14-22(4,5)29-23/h9-12,15H,7-8,13-14H2,1-6H3. The van der Waals surface area contributed by atoms with Gasteiger partial charge in [0.15, 0.2) is 5.69 Å². The van der Waals surface area contributed by atoms with Crippen LogP contribution in [0.15, 0.2) is 29.3 Å². The second-order valence-electron chi connectivity index (χ2n) is 8.21. The minimum Gasteiger partial charge on any atom is -0.458 e. The van der Waals surface area contributed by atoms with Crippen LogP contribution in [0.25, 0.3) is 0 Å². The minimum absolute atomic E-state index is 0.129. The van der Waals surface area contributed by atoms with Crippen molar-refractivity contribution in [2.45, 2.75) is 70.7 Å². The fraction of sp³-hybridized carbons (Fsp3) is 0.545. The summed E-state index contributed by atoms with van der Waals surface area (Å²) in [7, 11) is -0.335. The van der Waals surface area contributed by atoms with E-state index in [1.165, 1.54) is 11.8 Å². The third kappa shape index (κ3) is 5.10. The quantitative estimate of drug-likeness (QED) is 0.362. The Labute approximate surface area is 183 Å². The predicted molar refractivity (Wildman–Crippen MR) is 121 cm³/mol. The van der Waals surface area contributed by atoms with E-state index in [9.17, 15) is 4.79 Å². The van der Waals surface area contributed by atoms with Gasteiger partial charge in [-0.2, -0.15) is 0 Å². The number of aryl methyl sites for hydroxylation is 1. The Kier molecular flexibility index (Phi) is 7.32. The first-order valence-corrected chi connectivity index (χ1v) is 11.7. The van der Waals surface area contributed by atoms with Crippen LogP contribution in [-0.2, 0) is 27.0 Å². The number of hydrogen-bond donors (Lipinski definition) is 0. The topological polar surface area (TPSA) is 62.6 Å². The molecule has 0 saturated carbocycles. The van der Waals surface area contributed by atoms with E-state index in [-0.39, 0.29) is 24.8 Å². The fourth-order valence-corrected chi connectivity index (χ4v) is 3.92. The van der Waals surface area contributed by atoms with Gasteiger partial charge in [-0.3, -0.25) is 0 Å². The van der Waals surface area contributed by atoms with Crippen LogP contribution in [0.2, 0.25) is 0 Å². The number of imidazole rings is 1. The monoisotopic (exact) mass is 430 g/mol. The summed E-state index contributed by atoms with van der Waals surface area (Å²) in [6, 6.07) is 8.15. The van der Waals surface area contributed by atoms with E-state index in [0.717, 1.165) is 29.7 Å². The van der Waals surface area contributed by atoms with Gasteiger partial charge in [0.1, 0.15) is 10.9 Å². The first-order chi connectivity index (χ1) is 14.3. The van der Waals surface area contributed by atoms with E-state index in [1.54, 1.807) is 0 Å². The number of benzene rings is 1. The summed E-state index contributed by atoms with van der Waals surface area (Å²) in [5, 5.41) is 0.715. The van der Waals surface area contributed by atoms with Crippen LogP contribution in [-0.4, -0.2) is 47.2 Å². The molecule has 6 nitrogen and oxygen atoms in total. The van der Waals surface area contributed by atoms with Gasteiger partial charge in [-0.15, -0.1) is 11.8 Å². The molecule has 8 heteroatoms. The second kappa shape index (κ2) is 9.58. The predicted octanol–water partition coefficient (Wildman–Crippen LogP) is 3.69. The molecule has 1 aliphatic heterocycles. The van der Waals surface area contributed by atoms with Crippen molar-refractivity contribution in [2.75, 3.05) is 12.9 Å². The molecule has 1 unspecified atom stereocenters. The molecule has 1 aromatic carbocycles. The normalized spacial score (nSPS) is 16.7. The fourth-order valence-electron chi connectivity index (χ4n) is 3.34. The number of esters is 1. The lowest BCUT2D eigenvalue weighted by Crippen LogP contribution is -2.34. The summed E-state index contributed by atoms with van der Waals surface area (Å²) in [6.07, 6.45) is 3.32. The maximum atomic E-state index is 12.9. The lowest BCUT2D eigenvalue weighted by molar-refractivity contribution is 0.0317. The number of carbonyl (C=O) groups excluding carboxylic acids is 1. The Morgan fingerprint density at radius 1 is 1.33 bits per heavy atom. The molecule has 162 valence electrons. The van der Waals surface area contributed by atoms with Crippen molar-refractivity contribution >= 4 is 30.3 Å². The number of thioether (sulfide) groups is 1. The van der Waals surface area contributed by atoms with Gasteiger partial charge >= 0.3 is 13.1 Å². The zero-order valence-corrected chi connectivity index (χ0v) is 19.5. The Morgan fingerprint density at radius 2 is 2.03 bits per heavy atom. The summed E-state index contributed by atoms with van der Waals surface area (Å²) >= 11 is 1.47. The van der Waals surface area contributed by atoms with Gasteiger partial charge < -0.3 is 18.6 Å². The van der Waals surface area contributed by atoms with Crippen LogP contribution in [0.4, 0.5) is 0 Å². The molecule has 1 saturated heterocycles. The first kappa shape index (κ1) is 22.9. The van der Waals surface area contributed by atoms with Crippen LogP contribution in [0.5, 0.6) is 0 Å². The smallest absolute Gasteiger partial charge is 0.458 e. The number of aromatic nitrogens is 2. The molecule has 0 radical (unpaired) electrons. The molecular weight excluding hydrogens is 399 g/mol. The Balaban J connectivity index is 1.85. The molecule has 2 heterocycles. The summed E-state index contributed by atoms with van der Waals surface area (Å²) < 4.78 is 19.3. The molecule has 2 aromatic rings. The number of hydrogen-bond acceptors (Lipinski definition) is 6. The summed E-state index contributed by atoms with van der Waals surface area (Å²) in [4.78, 5) is 17.6. The van der Waals surface area contributed by atoms with Crippen LogP contribution in [0.3, 0.4) is 0 Å². The van der Waals surface area contributed by atoms with Crippen molar-refractivity contribution in [3.05, 3.63) is 41.3 Å². The van der Waals surface area contributed by atoms with Crippen molar-refractivity contribution in [1.29, 1.82) is 0 Å². The molecule has 1 fully saturated rings. The number of carbonyl (C=O) groups is 1. The van der Waals surface area contributed by atoms with Crippen LogP contribution < -0.4 is 5.46 Å². The Hall–Kier alpha value is -1.77. The van der Waals surface area contributed by atoms with Gasteiger partial charge in [0.05, 0.1) is 18.3 Å². The van der Waals surface area contributed by atoms with Crippen molar-refractivity contribution in [1.82, 2.24) is 9.55 Å². The third-order valence-electron chi connectivity index (χ3n) is 5.20. The lowest BCUT2D eigenvalue weighted by atomic mass is 9.79. The van der Waals surface area contributed by atoms with Crippen molar-refractivity contribution < 1.29 is 18.8 Å². The molecule has 30 heavy (non-hydrogen) atoms. The van der Waals surface area contributed by atoms with E-state index in [1.807, 2.05) is 57.6 Å². The van der Waals surface area contributed by atoms with E-state index in [4.69, 9.17) is 14.0 Å². The maximum Gasteiger partial charge on any atom is 0.494 e. The zero-order chi connectivity index (χ0) is 21.9. The Morgan fingerprint density at radius 3 is 2.57 bits per heavy atom. The van der Waals surface area contributed by atoms with E-state index < -0.39 is 0 Å². The van der Waals surface area contributed by atoms with E-state index in [2.05, 4.69) is 17.1 Å². The van der Waals surface area contributed by atoms with Gasteiger partial charge in [-0.1, -0.05) is 38.1 Å². The summed E-state index contributed by atoms with van der Waals surface area (Å²) in [5.41, 5.74) is 2.34. The molecule has 1 atom stereocenters. The van der Waals surface area contributed by atoms with E-state index >= 15 is 0 Å². The molecule has 0 amide bonds. The first-order valence-electron chi connectivity index (χ1n) is 10.5. The van der Waals surface area contributed by atoms with Crippen LogP contribution in [0.1, 0.15) is 62.9 Å². The average molecular weight is 430 g/mol. The number of ether oxygens (including phenoxy) is 1. The molecule has 0 aliphatic carbocycles. The molecule has 1 aromatic heterocycles. The summed E-state index contributed by atoms with van der Waals surface area (Å²) in [6.45, 7) is 11.1. The highest BCUT2D eigenvalue weighted by molar-refractivity contribution is 7.98. The van der Waals surface area contributed by atoms with Crippen LogP contribution >= 0.6 is 11.8 Å². The minimum atomic E-state index is -0.335. The molecule has 0 spiro atoms. The highest BCUT2D eigenvalue weighted by atomic mass is 32.2. The molecule has 1 aliphatic rings. The lowest BCUT2D eigenvalue weighted by Gasteiger charge is -2.16. The van der Waals surface area contributed by atoms with Gasteiger partial charge in [0.25, 0.3) is 0 Å². The molecular formula is C22H31BN2O4S. The molecule has 0 N–H and O–H groups in total. The highest BCUT2D eigenvalue weighted by Gasteiger charge is 2.38. The summed E-state index contributed by atoms with van der Waals surface area (Å²) in [5.74, 6) is 0.566. The van der Waals surface area contributed by atoms with Gasteiger partial charge in [0.2, 0.25) is 0 Å². The number of rotatable bonds is 8. The average Bonchev–Trinajstić information content (AvgIpc) is 3.27. The van der Waals surface area contributed by atoms with Gasteiger partial charge in [0, 0.05) is 13.0 Å². The highest BCUT2D eigenvalue weighted by Crippen LogP contribution is 2.25. The van der Waals surface area contributed by atoms with Crippen molar-refractivity contribution in [2.24, 2.45) is 0 Å². The van der Waals surface area contributed by atoms with Gasteiger partial charge in [-0.25, -0.2) is 9.78 Å². The largest absolute Gasteiger partial charge is 0.494 e. The molecule has 3 rings (SSSR count).